The van der Waals surface area contributed by atoms with E-state index in [0.717, 1.165) is 12.8 Å². The molecule has 0 bridgehead atoms. The Hall–Kier alpha value is -2.57. The van der Waals surface area contributed by atoms with E-state index < -0.39 is 12.0 Å². The van der Waals surface area contributed by atoms with Crippen LogP contribution in [0, 0.1) is 0 Å². The molecule has 2 N–H and O–H groups in total. The van der Waals surface area contributed by atoms with Crippen LogP contribution in [0.25, 0.3) is 0 Å². The molecule has 0 spiro atoms. The molecule has 3 rings (SSSR count). The van der Waals surface area contributed by atoms with Gasteiger partial charge in [-0.05, 0) is 61.9 Å². The third-order valence-electron chi connectivity index (χ3n) is 4.42. The predicted molar refractivity (Wildman–Crippen MR) is 103 cm³/mol. The fraction of sp³-hybridized carbons (Fsp3) is 0.300. The maximum absolute atomic E-state index is 12.3. The average Bonchev–Trinajstić information content (AvgIpc) is 2.63. The molecule has 1 fully saturated rings. The van der Waals surface area contributed by atoms with E-state index in [-0.39, 0.29) is 12.5 Å². The summed E-state index contributed by atoms with van der Waals surface area (Å²) in [6.45, 7) is 0.689. The first-order valence-electron chi connectivity index (χ1n) is 8.81. The van der Waals surface area contributed by atoms with Gasteiger partial charge in [0.2, 0.25) is 5.91 Å². The summed E-state index contributed by atoms with van der Waals surface area (Å²) in [6, 6.07) is 13.5. The second-order valence-corrected chi connectivity index (χ2v) is 6.89. The number of aliphatic carboxylic acids is 1. The van der Waals surface area contributed by atoms with Gasteiger partial charge in [-0.25, -0.2) is 0 Å². The van der Waals surface area contributed by atoms with Crippen molar-refractivity contribution in [1.29, 1.82) is 0 Å². The molecule has 0 aliphatic carbocycles. The molecule has 0 aromatic heterocycles. The number of piperidine rings is 1. The van der Waals surface area contributed by atoms with Crippen molar-refractivity contribution in [2.24, 2.45) is 0 Å². The summed E-state index contributed by atoms with van der Waals surface area (Å²) in [5, 5.41) is 12.7. The normalized spacial score (nSPS) is 17.3. The quantitative estimate of drug-likeness (QED) is 0.781. The summed E-state index contributed by atoms with van der Waals surface area (Å²) in [5.41, 5.74) is 0.627. The molecule has 6 nitrogen and oxygen atoms in total. The molecule has 1 amide bonds. The molecule has 1 saturated heterocycles. The smallest absolute Gasteiger partial charge is 0.320 e. The number of halogens is 1. The Morgan fingerprint density at radius 2 is 1.93 bits per heavy atom. The van der Waals surface area contributed by atoms with E-state index in [2.05, 4.69) is 5.32 Å². The number of benzene rings is 2. The summed E-state index contributed by atoms with van der Waals surface area (Å²) in [4.78, 5) is 25.3. The second kappa shape index (κ2) is 8.88. The maximum atomic E-state index is 12.3. The number of carboxylic acid groups (broad SMARTS) is 1. The SMILES string of the molecule is O=C(CN1CCCCC1C(=O)O)Nc1ccc(Oc2cccc(Cl)c2)cc1. The first kappa shape index (κ1) is 19.2. The highest BCUT2D eigenvalue weighted by molar-refractivity contribution is 6.30. The van der Waals surface area contributed by atoms with Crippen molar-refractivity contribution in [1.82, 2.24) is 4.90 Å². The molecule has 27 heavy (non-hydrogen) atoms. The minimum absolute atomic E-state index is 0.0672. The molecule has 7 heteroatoms. The molecule has 0 radical (unpaired) electrons. The Balaban J connectivity index is 1.56. The van der Waals surface area contributed by atoms with Crippen molar-refractivity contribution in [3.05, 3.63) is 53.6 Å². The number of anilines is 1. The highest BCUT2D eigenvalue weighted by atomic mass is 35.5. The number of likely N-dealkylation sites (tertiary alicyclic amines) is 1. The van der Waals surface area contributed by atoms with Crippen LogP contribution in [-0.4, -0.2) is 41.0 Å². The molecule has 1 atom stereocenters. The van der Waals surface area contributed by atoms with Gasteiger partial charge >= 0.3 is 5.97 Å². The van der Waals surface area contributed by atoms with Crippen LogP contribution in [0.2, 0.25) is 5.02 Å². The number of hydrogen-bond donors (Lipinski definition) is 2. The summed E-state index contributed by atoms with van der Waals surface area (Å²) in [7, 11) is 0. The maximum Gasteiger partial charge on any atom is 0.320 e. The van der Waals surface area contributed by atoms with Crippen LogP contribution in [0.4, 0.5) is 5.69 Å². The van der Waals surface area contributed by atoms with Gasteiger partial charge in [-0.15, -0.1) is 0 Å². The fourth-order valence-corrected chi connectivity index (χ4v) is 3.30. The van der Waals surface area contributed by atoms with Gasteiger partial charge in [-0.2, -0.15) is 0 Å². The molecular weight excluding hydrogens is 368 g/mol. The number of ether oxygens (including phenoxy) is 1. The van der Waals surface area contributed by atoms with Crippen LogP contribution in [-0.2, 0) is 9.59 Å². The lowest BCUT2D eigenvalue weighted by Crippen LogP contribution is -2.47. The Morgan fingerprint density at radius 1 is 1.15 bits per heavy atom. The van der Waals surface area contributed by atoms with Gasteiger partial charge in [-0.1, -0.05) is 24.1 Å². The van der Waals surface area contributed by atoms with E-state index in [0.29, 0.717) is 35.2 Å². The fourth-order valence-electron chi connectivity index (χ4n) is 3.12. The van der Waals surface area contributed by atoms with Crippen molar-refractivity contribution in [3.63, 3.8) is 0 Å². The molecule has 0 saturated carbocycles. The third-order valence-corrected chi connectivity index (χ3v) is 4.65. The minimum atomic E-state index is -0.870. The van der Waals surface area contributed by atoms with Crippen molar-refractivity contribution in [3.8, 4) is 11.5 Å². The highest BCUT2D eigenvalue weighted by Crippen LogP contribution is 2.25. The van der Waals surface area contributed by atoms with Crippen molar-refractivity contribution >= 4 is 29.2 Å². The van der Waals surface area contributed by atoms with E-state index in [9.17, 15) is 14.7 Å². The molecule has 1 aliphatic rings. The number of hydrogen-bond acceptors (Lipinski definition) is 4. The third kappa shape index (κ3) is 5.45. The van der Waals surface area contributed by atoms with Crippen LogP contribution in [0.1, 0.15) is 19.3 Å². The van der Waals surface area contributed by atoms with E-state index >= 15 is 0 Å². The molecule has 1 aliphatic heterocycles. The molecule has 1 heterocycles. The molecule has 1 unspecified atom stereocenters. The number of carbonyl (C=O) groups excluding carboxylic acids is 1. The first-order chi connectivity index (χ1) is 13.0. The lowest BCUT2D eigenvalue weighted by Gasteiger charge is -2.32. The van der Waals surface area contributed by atoms with E-state index in [1.165, 1.54) is 0 Å². The number of carboxylic acids is 1. The van der Waals surface area contributed by atoms with E-state index in [1.54, 1.807) is 53.4 Å². The van der Waals surface area contributed by atoms with Crippen LogP contribution in [0.3, 0.4) is 0 Å². The van der Waals surface area contributed by atoms with Gasteiger partial charge < -0.3 is 15.2 Å². The molecule has 2 aromatic carbocycles. The Bertz CT molecular complexity index is 810. The van der Waals surface area contributed by atoms with Crippen molar-refractivity contribution in [2.45, 2.75) is 25.3 Å². The van der Waals surface area contributed by atoms with Gasteiger partial charge in [-0.3, -0.25) is 14.5 Å². The van der Waals surface area contributed by atoms with E-state index in [1.807, 2.05) is 0 Å². The zero-order chi connectivity index (χ0) is 19.2. The lowest BCUT2D eigenvalue weighted by molar-refractivity contribution is -0.145. The standard InChI is InChI=1S/C20H21ClN2O4/c21-14-4-3-5-17(12-14)27-16-9-7-15(8-10-16)22-19(24)13-23-11-2-1-6-18(23)20(25)26/h3-5,7-10,12,18H,1-2,6,11,13H2,(H,22,24)(H,25,26). The largest absolute Gasteiger partial charge is 0.480 e. The zero-order valence-electron chi connectivity index (χ0n) is 14.7. The van der Waals surface area contributed by atoms with Crippen LogP contribution in [0.5, 0.6) is 11.5 Å². The number of amides is 1. The highest BCUT2D eigenvalue weighted by Gasteiger charge is 2.29. The minimum Gasteiger partial charge on any atom is -0.480 e. The van der Waals surface area contributed by atoms with Crippen LogP contribution >= 0.6 is 11.6 Å². The van der Waals surface area contributed by atoms with Gasteiger partial charge in [0, 0.05) is 10.7 Å². The number of nitrogens with zero attached hydrogens (tertiary/aromatic N) is 1. The monoisotopic (exact) mass is 388 g/mol. The summed E-state index contributed by atoms with van der Waals surface area (Å²) in [5.74, 6) is 0.151. The summed E-state index contributed by atoms with van der Waals surface area (Å²) < 4.78 is 5.71. The summed E-state index contributed by atoms with van der Waals surface area (Å²) in [6.07, 6.45) is 2.37. The van der Waals surface area contributed by atoms with Gasteiger partial charge in [0.1, 0.15) is 17.5 Å². The first-order valence-corrected chi connectivity index (χ1v) is 9.19. The zero-order valence-corrected chi connectivity index (χ0v) is 15.5. The Labute approximate surface area is 162 Å². The Morgan fingerprint density at radius 3 is 2.63 bits per heavy atom. The lowest BCUT2D eigenvalue weighted by atomic mass is 10.0. The molecule has 2 aromatic rings. The average molecular weight is 389 g/mol. The molecule has 142 valence electrons. The number of nitrogens with one attached hydrogen (secondary N) is 1. The van der Waals surface area contributed by atoms with Crippen molar-refractivity contribution < 1.29 is 19.4 Å². The Kier molecular flexibility index (Phi) is 6.32. The van der Waals surface area contributed by atoms with Crippen LogP contribution in [0.15, 0.2) is 48.5 Å². The van der Waals surface area contributed by atoms with Gasteiger partial charge in [0.05, 0.1) is 6.54 Å². The van der Waals surface area contributed by atoms with E-state index in [4.69, 9.17) is 16.3 Å². The number of carbonyl (C=O) groups is 2. The van der Waals surface area contributed by atoms with Crippen molar-refractivity contribution in [2.75, 3.05) is 18.4 Å². The predicted octanol–water partition coefficient (Wildman–Crippen LogP) is 4.01. The van der Waals surface area contributed by atoms with Gasteiger partial charge in [0.15, 0.2) is 0 Å². The second-order valence-electron chi connectivity index (χ2n) is 6.45. The molecular formula is C20H21ClN2O4. The topological polar surface area (TPSA) is 78.9 Å². The van der Waals surface area contributed by atoms with Gasteiger partial charge in [0.25, 0.3) is 0 Å². The summed E-state index contributed by atoms with van der Waals surface area (Å²) >= 11 is 5.94. The number of rotatable bonds is 6. The van der Waals surface area contributed by atoms with Crippen LogP contribution < -0.4 is 10.1 Å².